The molecule has 0 saturated carbocycles. The largest absolute Gasteiger partial charge is 0.397 e. The van der Waals surface area contributed by atoms with Crippen LogP contribution in [0.3, 0.4) is 0 Å². The van der Waals surface area contributed by atoms with Crippen LogP contribution < -0.4 is 0 Å². The molecule has 0 radical (unpaired) electrons. The Balaban J connectivity index is 2.39. The van der Waals surface area contributed by atoms with E-state index in [1.807, 2.05) is 37.3 Å². The molecule has 2 atom stereocenters. The maximum absolute atomic E-state index is 9.75. The average molecular weight is 212 g/mol. The van der Waals surface area contributed by atoms with Gasteiger partial charge in [-0.1, -0.05) is 30.3 Å². The summed E-state index contributed by atoms with van der Waals surface area (Å²) in [5.41, 5.74) is 0.469. The van der Waals surface area contributed by atoms with Gasteiger partial charge in [0.05, 0.1) is 5.73 Å². The van der Waals surface area contributed by atoms with Gasteiger partial charge in [0.15, 0.2) is 9.76 Å². The molecule has 0 heterocycles. The van der Waals surface area contributed by atoms with Gasteiger partial charge in [-0.2, -0.15) is 0 Å². The van der Waals surface area contributed by atoms with Crippen LogP contribution in [-0.2, 0) is 9.16 Å². The second kappa shape index (κ2) is 5.92. The lowest BCUT2D eigenvalue weighted by Crippen LogP contribution is -2.19. The van der Waals surface area contributed by atoms with E-state index in [1.165, 1.54) is 0 Å². The van der Waals surface area contributed by atoms with E-state index in [4.69, 9.17) is 9.16 Å². The molecule has 0 aliphatic heterocycles. The van der Waals surface area contributed by atoms with Crippen molar-refractivity contribution in [2.45, 2.75) is 18.9 Å². The van der Waals surface area contributed by atoms with Gasteiger partial charge in [-0.15, -0.1) is 0 Å². The van der Waals surface area contributed by atoms with E-state index >= 15 is 0 Å². The highest BCUT2D eigenvalue weighted by Crippen LogP contribution is 2.11. The molecule has 0 aliphatic carbocycles. The Labute approximate surface area is 86.6 Å². The Morgan fingerprint density at radius 1 is 1.29 bits per heavy atom. The summed E-state index contributed by atoms with van der Waals surface area (Å²) in [7, 11) is 0.601. The number of aliphatic hydroxyl groups excluding tert-OH is 1. The van der Waals surface area contributed by atoms with E-state index in [2.05, 4.69) is 0 Å². The van der Waals surface area contributed by atoms with Crippen LogP contribution in [0.25, 0.3) is 0 Å². The first-order valence-corrected chi connectivity index (χ1v) is 6.01. The van der Waals surface area contributed by atoms with Gasteiger partial charge in [-0.3, -0.25) is 0 Å². The lowest BCUT2D eigenvalue weighted by molar-refractivity contribution is -0.0416. The van der Waals surface area contributed by atoms with Crippen LogP contribution in [0.2, 0.25) is 0 Å². The molecule has 78 valence electrons. The highest BCUT2D eigenvalue weighted by atomic mass is 28.2. The van der Waals surface area contributed by atoms with Gasteiger partial charge in [-0.25, -0.2) is 0 Å². The van der Waals surface area contributed by atoms with Gasteiger partial charge in [0.25, 0.3) is 0 Å². The number of methoxy groups -OCH3 is 1. The molecule has 14 heavy (non-hydrogen) atoms. The molecule has 1 aromatic rings. The summed E-state index contributed by atoms with van der Waals surface area (Å²) in [6.07, 6.45) is -0.222. The molecule has 0 amide bonds. The fourth-order valence-corrected chi connectivity index (χ4v) is 2.12. The van der Waals surface area contributed by atoms with Gasteiger partial charge in [0.2, 0.25) is 0 Å². The Kier molecular flexibility index (Phi) is 4.82. The van der Waals surface area contributed by atoms with Gasteiger partial charge < -0.3 is 14.3 Å². The first-order chi connectivity index (χ1) is 6.74. The van der Waals surface area contributed by atoms with E-state index in [1.54, 1.807) is 7.11 Å². The van der Waals surface area contributed by atoms with Crippen LogP contribution in [0.4, 0.5) is 0 Å². The van der Waals surface area contributed by atoms with Gasteiger partial charge in [-0.05, 0) is 12.5 Å². The highest BCUT2D eigenvalue weighted by Gasteiger charge is 2.09. The van der Waals surface area contributed by atoms with E-state index in [9.17, 15) is 5.11 Å². The SMILES string of the molecule is COC(C)O[SiH2]C(O)c1ccccc1. The summed E-state index contributed by atoms with van der Waals surface area (Å²) in [6.45, 7) is 1.82. The molecule has 0 aliphatic rings. The van der Waals surface area contributed by atoms with Gasteiger partial charge in [0.1, 0.15) is 6.29 Å². The number of hydrogen-bond donors (Lipinski definition) is 1. The Morgan fingerprint density at radius 3 is 2.50 bits per heavy atom. The lowest BCUT2D eigenvalue weighted by Gasteiger charge is -2.14. The van der Waals surface area contributed by atoms with Crippen LogP contribution in [0, 0.1) is 0 Å². The average Bonchev–Trinajstić information content (AvgIpc) is 2.26. The molecule has 1 aromatic carbocycles. The third kappa shape index (κ3) is 3.59. The Bertz CT molecular complexity index is 253. The van der Waals surface area contributed by atoms with Crippen LogP contribution >= 0.6 is 0 Å². The molecule has 0 aromatic heterocycles. The summed E-state index contributed by atoms with van der Waals surface area (Å²) in [5.74, 6) is 0. The van der Waals surface area contributed by atoms with Crippen molar-refractivity contribution in [2.24, 2.45) is 0 Å². The van der Waals surface area contributed by atoms with Crippen molar-refractivity contribution in [3.05, 3.63) is 35.9 Å². The molecule has 0 spiro atoms. The predicted octanol–water partition coefficient (Wildman–Crippen LogP) is 0.770. The zero-order valence-corrected chi connectivity index (χ0v) is 9.93. The fourth-order valence-electron chi connectivity index (χ4n) is 1.07. The number of benzene rings is 1. The summed E-state index contributed by atoms with van der Waals surface area (Å²) >= 11 is 0. The van der Waals surface area contributed by atoms with E-state index in [0.717, 1.165) is 5.56 Å². The minimum atomic E-state index is -0.990. The molecule has 0 fully saturated rings. The van der Waals surface area contributed by atoms with E-state index < -0.39 is 15.5 Å². The molecule has 1 N–H and O–H groups in total. The minimum absolute atomic E-state index is 0.222. The molecule has 1 rings (SSSR count). The van der Waals surface area contributed by atoms with Crippen molar-refractivity contribution in [3.63, 3.8) is 0 Å². The van der Waals surface area contributed by atoms with E-state index in [-0.39, 0.29) is 6.29 Å². The summed E-state index contributed by atoms with van der Waals surface area (Å²) in [6, 6.07) is 9.55. The Morgan fingerprint density at radius 2 is 1.93 bits per heavy atom. The topological polar surface area (TPSA) is 38.7 Å². The zero-order valence-electron chi connectivity index (χ0n) is 8.51. The number of ether oxygens (including phenoxy) is 1. The van der Waals surface area contributed by atoms with Crippen LogP contribution in [0.5, 0.6) is 0 Å². The summed E-state index contributed by atoms with van der Waals surface area (Å²) in [4.78, 5) is 0. The molecular formula is C10H16O3Si. The van der Waals surface area contributed by atoms with Crippen molar-refractivity contribution in [1.29, 1.82) is 0 Å². The first-order valence-electron chi connectivity index (χ1n) is 4.61. The van der Waals surface area contributed by atoms with Gasteiger partial charge >= 0.3 is 0 Å². The number of aliphatic hydroxyl groups is 1. The quantitative estimate of drug-likeness (QED) is 0.579. The van der Waals surface area contributed by atoms with Crippen molar-refractivity contribution >= 4 is 9.76 Å². The number of rotatable bonds is 5. The van der Waals surface area contributed by atoms with Crippen molar-refractivity contribution < 1.29 is 14.3 Å². The highest BCUT2D eigenvalue weighted by molar-refractivity contribution is 6.29. The fraction of sp³-hybridized carbons (Fsp3) is 0.400. The molecule has 0 bridgehead atoms. The summed E-state index contributed by atoms with van der Waals surface area (Å²) in [5, 5.41) is 9.75. The van der Waals surface area contributed by atoms with Crippen LogP contribution in [0.15, 0.2) is 30.3 Å². The predicted molar refractivity (Wildman–Crippen MR) is 57.5 cm³/mol. The van der Waals surface area contributed by atoms with Gasteiger partial charge in [0, 0.05) is 7.11 Å². The van der Waals surface area contributed by atoms with Crippen molar-refractivity contribution in [1.82, 2.24) is 0 Å². The Hall–Kier alpha value is -0.683. The van der Waals surface area contributed by atoms with Crippen LogP contribution in [-0.4, -0.2) is 28.3 Å². The maximum Gasteiger partial charge on any atom is 0.199 e. The lowest BCUT2D eigenvalue weighted by atomic mass is 10.2. The second-order valence-electron chi connectivity index (χ2n) is 3.06. The van der Waals surface area contributed by atoms with Crippen molar-refractivity contribution in [3.8, 4) is 0 Å². The van der Waals surface area contributed by atoms with Crippen molar-refractivity contribution in [2.75, 3.05) is 7.11 Å². The molecular weight excluding hydrogens is 196 g/mol. The molecule has 3 nitrogen and oxygen atoms in total. The molecule has 0 saturated heterocycles. The monoisotopic (exact) mass is 212 g/mol. The molecule has 4 heteroatoms. The third-order valence-corrected chi connectivity index (χ3v) is 3.45. The second-order valence-corrected chi connectivity index (χ2v) is 4.50. The molecule has 2 unspecified atom stereocenters. The van der Waals surface area contributed by atoms with E-state index in [0.29, 0.717) is 0 Å². The minimum Gasteiger partial charge on any atom is -0.397 e. The standard InChI is InChI=1S/C10H16O3Si/c1-8(12-2)13-14-10(11)9-6-4-3-5-7-9/h3-8,10-11H,14H2,1-2H3. The first kappa shape index (κ1) is 11.4. The smallest absolute Gasteiger partial charge is 0.199 e. The zero-order chi connectivity index (χ0) is 10.4. The normalized spacial score (nSPS) is 15.9. The number of hydrogen-bond acceptors (Lipinski definition) is 3. The maximum atomic E-state index is 9.75. The third-order valence-electron chi connectivity index (χ3n) is 2.01. The van der Waals surface area contributed by atoms with Crippen LogP contribution in [0.1, 0.15) is 18.2 Å². The summed E-state index contributed by atoms with van der Waals surface area (Å²) < 4.78 is 10.3.